The van der Waals surface area contributed by atoms with Crippen LogP contribution in [0.15, 0.2) is 29.3 Å². The van der Waals surface area contributed by atoms with Crippen molar-refractivity contribution < 1.29 is 14.2 Å². The fourth-order valence-corrected chi connectivity index (χ4v) is 2.16. The minimum absolute atomic E-state index is 0. The molecule has 26 heavy (non-hydrogen) atoms. The summed E-state index contributed by atoms with van der Waals surface area (Å²) in [7, 11) is 1.70. The van der Waals surface area contributed by atoms with E-state index in [0.717, 1.165) is 56.4 Å². The molecule has 0 saturated carbocycles. The van der Waals surface area contributed by atoms with E-state index in [1.807, 2.05) is 25.1 Å². The van der Waals surface area contributed by atoms with E-state index < -0.39 is 0 Å². The van der Waals surface area contributed by atoms with Crippen LogP contribution >= 0.6 is 24.0 Å². The van der Waals surface area contributed by atoms with Gasteiger partial charge < -0.3 is 24.8 Å². The zero-order valence-corrected chi connectivity index (χ0v) is 18.6. The van der Waals surface area contributed by atoms with Crippen LogP contribution in [-0.2, 0) is 16.0 Å². The van der Waals surface area contributed by atoms with Crippen LogP contribution in [0.1, 0.15) is 32.3 Å². The molecule has 0 radical (unpaired) electrons. The second kappa shape index (κ2) is 17.4. The van der Waals surface area contributed by atoms with Gasteiger partial charge >= 0.3 is 0 Å². The first-order valence-corrected chi connectivity index (χ1v) is 9.10. The van der Waals surface area contributed by atoms with Crippen molar-refractivity contribution in [3.8, 4) is 5.75 Å². The number of nitrogens with one attached hydrogen (secondary N) is 2. The van der Waals surface area contributed by atoms with Crippen molar-refractivity contribution in [2.45, 2.75) is 33.2 Å². The van der Waals surface area contributed by atoms with E-state index in [1.54, 1.807) is 7.11 Å². The Labute approximate surface area is 175 Å². The van der Waals surface area contributed by atoms with E-state index in [4.69, 9.17) is 14.2 Å². The Hall–Kier alpha value is -1.06. The number of ether oxygens (including phenoxy) is 3. The zero-order valence-electron chi connectivity index (χ0n) is 16.3. The SMILES string of the molecule is CCNC(=NCc1cccc(OCCCOC)c1)NCCCOCC.I. The third-order valence-corrected chi connectivity index (χ3v) is 3.39. The molecule has 0 bridgehead atoms. The first-order chi connectivity index (χ1) is 12.3. The van der Waals surface area contributed by atoms with E-state index >= 15 is 0 Å². The summed E-state index contributed by atoms with van der Waals surface area (Å²) < 4.78 is 16.1. The van der Waals surface area contributed by atoms with Crippen LogP contribution in [0.3, 0.4) is 0 Å². The largest absolute Gasteiger partial charge is 0.493 e. The second-order valence-electron chi connectivity index (χ2n) is 5.51. The van der Waals surface area contributed by atoms with E-state index in [0.29, 0.717) is 19.8 Å². The van der Waals surface area contributed by atoms with Crippen LogP contribution in [0.5, 0.6) is 5.75 Å². The maximum absolute atomic E-state index is 5.73. The number of rotatable bonds is 13. The fraction of sp³-hybridized carbons (Fsp3) is 0.632. The minimum Gasteiger partial charge on any atom is -0.493 e. The normalized spacial score (nSPS) is 11.0. The molecule has 1 aromatic carbocycles. The zero-order chi connectivity index (χ0) is 18.2. The second-order valence-corrected chi connectivity index (χ2v) is 5.51. The molecule has 0 spiro atoms. The predicted octanol–water partition coefficient (Wildman–Crippen LogP) is 3.20. The molecule has 6 nitrogen and oxygen atoms in total. The highest BCUT2D eigenvalue weighted by Crippen LogP contribution is 2.14. The molecule has 0 aliphatic rings. The number of aliphatic imine (C=N–C) groups is 1. The number of hydrogen-bond acceptors (Lipinski definition) is 4. The highest BCUT2D eigenvalue weighted by molar-refractivity contribution is 14.0. The highest BCUT2D eigenvalue weighted by Gasteiger charge is 2.00. The summed E-state index contributed by atoms with van der Waals surface area (Å²) in [6, 6.07) is 8.06. The lowest BCUT2D eigenvalue weighted by Gasteiger charge is -2.11. The third-order valence-electron chi connectivity index (χ3n) is 3.39. The summed E-state index contributed by atoms with van der Waals surface area (Å²) >= 11 is 0. The van der Waals surface area contributed by atoms with Crippen LogP contribution in [0.25, 0.3) is 0 Å². The molecule has 0 saturated heterocycles. The molecule has 2 N–H and O–H groups in total. The molecule has 1 aromatic rings. The maximum Gasteiger partial charge on any atom is 0.191 e. The molecule has 0 heterocycles. The Balaban J connectivity index is 0.00000625. The predicted molar refractivity (Wildman–Crippen MR) is 118 cm³/mol. The summed E-state index contributed by atoms with van der Waals surface area (Å²) in [4.78, 5) is 4.63. The molecule has 0 unspecified atom stereocenters. The molecule has 0 aliphatic heterocycles. The van der Waals surface area contributed by atoms with Gasteiger partial charge in [-0.15, -0.1) is 24.0 Å². The first-order valence-electron chi connectivity index (χ1n) is 9.10. The minimum atomic E-state index is 0. The van der Waals surface area contributed by atoms with Crippen LogP contribution in [0.2, 0.25) is 0 Å². The average molecular weight is 479 g/mol. The van der Waals surface area contributed by atoms with Gasteiger partial charge in [0, 0.05) is 46.4 Å². The number of methoxy groups -OCH3 is 1. The van der Waals surface area contributed by atoms with Crippen LogP contribution in [0, 0.1) is 0 Å². The van der Waals surface area contributed by atoms with Crippen molar-refractivity contribution in [1.82, 2.24) is 10.6 Å². The average Bonchev–Trinajstić information content (AvgIpc) is 2.63. The monoisotopic (exact) mass is 479 g/mol. The van der Waals surface area contributed by atoms with Crippen molar-refractivity contribution >= 4 is 29.9 Å². The molecule has 0 aliphatic carbocycles. The van der Waals surface area contributed by atoms with Gasteiger partial charge in [0.1, 0.15) is 5.75 Å². The van der Waals surface area contributed by atoms with Crippen molar-refractivity contribution in [2.75, 3.05) is 46.6 Å². The Morgan fingerprint density at radius 2 is 1.92 bits per heavy atom. The lowest BCUT2D eigenvalue weighted by Crippen LogP contribution is -2.38. The van der Waals surface area contributed by atoms with E-state index in [-0.39, 0.29) is 24.0 Å². The Morgan fingerprint density at radius 1 is 1.08 bits per heavy atom. The molecule has 0 amide bonds. The van der Waals surface area contributed by atoms with Crippen molar-refractivity contribution in [3.05, 3.63) is 29.8 Å². The first kappa shape index (κ1) is 24.9. The number of benzene rings is 1. The lowest BCUT2D eigenvalue weighted by molar-refractivity contribution is 0.145. The summed E-state index contributed by atoms with van der Waals surface area (Å²) in [5, 5.41) is 6.59. The molecular formula is C19H34IN3O3. The standard InChI is InChI=1S/C19H33N3O3.HI/c1-4-20-19(21-11-7-13-24-5-2)22-16-17-9-6-10-18(15-17)25-14-8-12-23-3;/h6,9-10,15H,4-5,7-8,11-14,16H2,1-3H3,(H2,20,21,22);1H. The molecule has 0 atom stereocenters. The maximum atomic E-state index is 5.73. The smallest absolute Gasteiger partial charge is 0.191 e. The van der Waals surface area contributed by atoms with Gasteiger partial charge in [-0.05, 0) is 38.0 Å². The van der Waals surface area contributed by atoms with Gasteiger partial charge in [-0.25, -0.2) is 4.99 Å². The van der Waals surface area contributed by atoms with E-state index in [2.05, 4.69) is 28.6 Å². The van der Waals surface area contributed by atoms with Crippen molar-refractivity contribution in [2.24, 2.45) is 4.99 Å². The third kappa shape index (κ3) is 12.3. The van der Waals surface area contributed by atoms with E-state index in [9.17, 15) is 0 Å². The van der Waals surface area contributed by atoms with Gasteiger partial charge in [0.2, 0.25) is 0 Å². The summed E-state index contributed by atoms with van der Waals surface area (Å²) in [6.07, 6.45) is 1.85. The van der Waals surface area contributed by atoms with Gasteiger partial charge in [-0.1, -0.05) is 12.1 Å². The van der Waals surface area contributed by atoms with Crippen molar-refractivity contribution in [3.63, 3.8) is 0 Å². The molecule has 0 fully saturated rings. The molecule has 150 valence electrons. The number of hydrogen-bond donors (Lipinski definition) is 2. The fourth-order valence-electron chi connectivity index (χ4n) is 2.16. The Bertz CT molecular complexity index is 487. The number of nitrogens with zero attached hydrogens (tertiary/aromatic N) is 1. The number of guanidine groups is 1. The quantitative estimate of drug-likeness (QED) is 0.197. The highest BCUT2D eigenvalue weighted by atomic mass is 127. The van der Waals surface area contributed by atoms with Crippen molar-refractivity contribution in [1.29, 1.82) is 0 Å². The summed E-state index contributed by atoms with van der Waals surface area (Å²) in [5.74, 6) is 1.70. The Morgan fingerprint density at radius 3 is 2.65 bits per heavy atom. The molecular weight excluding hydrogens is 445 g/mol. The number of halogens is 1. The Kier molecular flexibility index (Phi) is 16.7. The van der Waals surface area contributed by atoms with Gasteiger partial charge in [0.15, 0.2) is 5.96 Å². The molecule has 7 heteroatoms. The summed E-state index contributed by atoms with van der Waals surface area (Å²) in [5.41, 5.74) is 1.12. The van der Waals surface area contributed by atoms with Crippen LogP contribution < -0.4 is 15.4 Å². The topological polar surface area (TPSA) is 64.1 Å². The lowest BCUT2D eigenvalue weighted by atomic mass is 10.2. The van der Waals surface area contributed by atoms with Gasteiger partial charge in [-0.3, -0.25) is 0 Å². The van der Waals surface area contributed by atoms with E-state index in [1.165, 1.54) is 0 Å². The van der Waals surface area contributed by atoms with Crippen LogP contribution in [-0.4, -0.2) is 52.6 Å². The van der Waals surface area contributed by atoms with Crippen LogP contribution in [0.4, 0.5) is 0 Å². The summed E-state index contributed by atoms with van der Waals surface area (Å²) in [6.45, 7) is 9.25. The van der Waals surface area contributed by atoms with Gasteiger partial charge in [-0.2, -0.15) is 0 Å². The molecule has 0 aromatic heterocycles. The molecule has 1 rings (SSSR count). The van der Waals surface area contributed by atoms with Gasteiger partial charge in [0.25, 0.3) is 0 Å². The van der Waals surface area contributed by atoms with Gasteiger partial charge in [0.05, 0.1) is 13.2 Å².